The number of amides is 1. The number of carboxylic acid groups (broad SMARTS) is 1. The van der Waals surface area contributed by atoms with Crippen molar-refractivity contribution >= 4 is 17.6 Å². The summed E-state index contributed by atoms with van der Waals surface area (Å²) in [6.45, 7) is 3.31. The zero-order chi connectivity index (χ0) is 14.5. The molecule has 5 nitrogen and oxygen atoms in total. The number of rotatable bonds is 6. The third-order valence-electron chi connectivity index (χ3n) is 2.73. The number of aliphatic hydroxyl groups excluding tert-OH is 1. The number of aliphatic carboxylic acids is 1. The van der Waals surface area contributed by atoms with E-state index in [-0.39, 0.29) is 25.4 Å². The Balaban J connectivity index is 2.67. The lowest BCUT2D eigenvalue weighted by atomic mass is 9.85. The van der Waals surface area contributed by atoms with Crippen LogP contribution < -0.4 is 5.32 Å². The quantitative estimate of drug-likeness (QED) is 0.734. The average Bonchev–Trinajstić information content (AvgIpc) is 2.26. The van der Waals surface area contributed by atoms with Crippen molar-refractivity contribution in [1.29, 1.82) is 0 Å². The Kier molecular flexibility index (Phi) is 5.06. The highest BCUT2D eigenvalue weighted by atomic mass is 16.4. The van der Waals surface area contributed by atoms with Gasteiger partial charge in [0.2, 0.25) is 5.91 Å². The maximum absolute atomic E-state index is 11.9. The molecule has 104 valence electrons. The molecule has 1 amide bonds. The molecule has 1 rings (SSSR count). The Morgan fingerprint density at radius 2 is 1.84 bits per heavy atom. The molecule has 1 aromatic carbocycles. The van der Waals surface area contributed by atoms with Gasteiger partial charge < -0.3 is 15.5 Å². The number of benzene rings is 1. The van der Waals surface area contributed by atoms with Gasteiger partial charge in [0.15, 0.2) is 0 Å². The van der Waals surface area contributed by atoms with Gasteiger partial charge in [-0.25, -0.2) is 0 Å². The normalized spacial score (nSPS) is 11.1. The third-order valence-corrected chi connectivity index (χ3v) is 2.73. The number of carbonyl (C=O) groups is 2. The molecular weight excluding hydrogens is 246 g/mol. The molecule has 1 aromatic rings. The van der Waals surface area contributed by atoms with Crippen LogP contribution in [0, 0.1) is 5.41 Å². The second kappa shape index (κ2) is 6.33. The fourth-order valence-electron chi connectivity index (χ4n) is 1.88. The van der Waals surface area contributed by atoms with Crippen molar-refractivity contribution in [3.8, 4) is 0 Å². The number of nitrogens with one attached hydrogen (secondary N) is 1. The van der Waals surface area contributed by atoms with E-state index in [1.165, 1.54) is 0 Å². The molecule has 0 aliphatic heterocycles. The molecule has 0 spiro atoms. The third kappa shape index (κ3) is 5.09. The van der Waals surface area contributed by atoms with Gasteiger partial charge in [-0.15, -0.1) is 0 Å². The van der Waals surface area contributed by atoms with E-state index in [9.17, 15) is 9.59 Å². The first-order chi connectivity index (χ1) is 8.84. The van der Waals surface area contributed by atoms with Gasteiger partial charge in [-0.2, -0.15) is 0 Å². The Hall–Kier alpha value is -1.88. The Morgan fingerprint density at radius 1 is 1.21 bits per heavy atom. The Bertz CT molecular complexity index is 468. The van der Waals surface area contributed by atoms with Crippen LogP contribution in [0.1, 0.15) is 32.3 Å². The number of carboxylic acids is 1. The lowest BCUT2D eigenvalue weighted by molar-refractivity contribution is -0.139. The van der Waals surface area contributed by atoms with Crippen LogP contribution in [0.5, 0.6) is 0 Å². The lowest BCUT2D eigenvalue weighted by Gasteiger charge is -2.21. The van der Waals surface area contributed by atoms with Crippen LogP contribution in [0.25, 0.3) is 0 Å². The van der Waals surface area contributed by atoms with E-state index in [1.54, 1.807) is 38.1 Å². The van der Waals surface area contributed by atoms with Gasteiger partial charge in [0.25, 0.3) is 0 Å². The number of aliphatic hydroxyl groups is 1. The first-order valence-electron chi connectivity index (χ1n) is 6.04. The SMILES string of the molecule is CC(C)(CC(=O)O)CC(=O)Nc1ccccc1CO. The van der Waals surface area contributed by atoms with Gasteiger partial charge in [-0.3, -0.25) is 9.59 Å². The summed E-state index contributed by atoms with van der Waals surface area (Å²) in [5.74, 6) is -1.18. The van der Waals surface area contributed by atoms with Crippen molar-refractivity contribution in [2.75, 3.05) is 5.32 Å². The molecule has 0 heterocycles. The van der Waals surface area contributed by atoms with Crippen LogP contribution in [0.4, 0.5) is 5.69 Å². The predicted molar refractivity (Wildman–Crippen MR) is 71.6 cm³/mol. The average molecular weight is 265 g/mol. The minimum absolute atomic E-state index is 0.0674. The summed E-state index contributed by atoms with van der Waals surface area (Å²) in [6, 6.07) is 6.96. The molecule has 5 heteroatoms. The molecule has 0 bridgehead atoms. The van der Waals surface area contributed by atoms with Gasteiger partial charge in [0.1, 0.15) is 0 Å². The van der Waals surface area contributed by atoms with Crippen molar-refractivity contribution in [1.82, 2.24) is 0 Å². The number of para-hydroxylation sites is 1. The molecule has 0 unspecified atom stereocenters. The first-order valence-corrected chi connectivity index (χ1v) is 6.04. The molecule has 19 heavy (non-hydrogen) atoms. The molecule has 3 N–H and O–H groups in total. The number of carbonyl (C=O) groups excluding carboxylic acids is 1. The summed E-state index contributed by atoms with van der Waals surface area (Å²) in [6.07, 6.45) is 0.0428. The van der Waals surface area contributed by atoms with Crippen molar-refractivity contribution in [3.05, 3.63) is 29.8 Å². The number of anilines is 1. The smallest absolute Gasteiger partial charge is 0.303 e. The molecule has 0 fully saturated rings. The van der Waals surface area contributed by atoms with E-state index in [4.69, 9.17) is 10.2 Å². The van der Waals surface area contributed by atoms with E-state index in [0.717, 1.165) is 0 Å². The van der Waals surface area contributed by atoms with Crippen molar-refractivity contribution in [2.45, 2.75) is 33.3 Å². The van der Waals surface area contributed by atoms with Gasteiger partial charge in [-0.1, -0.05) is 32.0 Å². The summed E-state index contributed by atoms with van der Waals surface area (Å²) < 4.78 is 0. The molecular formula is C14H19NO4. The monoisotopic (exact) mass is 265 g/mol. The topological polar surface area (TPSA) is 86.6 Å². The molecule has 0 aliphatic carbocycles. The van der Waals surface area contributed by atoms with Gasteiger partial charge in [0.05, 0.1) is 13.0 Å². The van der Waals surface area contributed by atoms with E-state index in [0.29, 0.717) is 11.3 Å². The van der Waals surface area contributed by atoms with E-state index < -0.39 is 11.4 Å². The van der Waals surface area contributed by atoms with E-state index in [2.05, 4.69) is 5.32 Å². The highest BCUT2D eigenvalue weighted by molar-refractivity contribution is 5.92. The van der Waals surface area contributed by atoms with Gasteiger partial charge in [-0.05, 0) is 11.5 Å². The lowest BCUT2D eigenvalue weighted by Crippen LogP contribution is -2.25. The molecule has 0 aliphatic rings. The van der Waals surface area contributed by atoms with Gasteiger partial charge >= 0.3 is 5.97 Å². The van der Waals surface area contributed by atoms with Crippen LogP contribution in [0.3, 0.4) is 0 Å². The zero-order valence-corrected chi connectivity index (χ0v) is 11.1. The Morgan fingerprint density at radius 3 is 2.42 bits per heavy atom. The van der Waals surface area contributed by atoms with Crippen LogP contribution in [0.15, 0.2) is 24.3 Å². The summed E-state index contributed by atoms with van der Waals surface area (Å²) in [5, 5.41) is 20.6. The predicted octanol–water partition coefficient (Wildman–Crippen LogP) is 2.01. The highest BCUT2D eigenvalue weighted by Gasteiger charge is 2.25. The number of hydrogen-bond acceptors (Lipinski definition) is 3. The van der Waals surface area contributed by atoms with Crippen molar-refractivity contribution < 1.29 is 19.8 Å². The molecule has 0 radical (unpaired) electrons. The number of hydrogen-bond donors (Lipinski definition) is 3. The first kappa shape index (κ1) is 15.2. The summed E-state index contributed by atoms with van der Waals surface area (Å²) >= 11 is 0. The van der Waals surface area contributed by atoms with Crippen LogP contribution >= 0.6 is 0 Å². The minimum atomic E-state index is -0.923. The van der Waals surface area contributed by atoms with E-state index >= 15 is 0 Å². The fourth-order valence-corrected chi connectivity index (χ4v) is 1.88. The minimum Gasteiger partial charge on any atom is -0.481 e. The standard InChI is InChI=1S/C14H19NO4/c1-14(2,8-13(18)19)7-12(17)15-11-6-4-3-5-10(11)9-16/h3-6,16H,7-9H2,1-2H3,(H,15,17)(H,18,19). The largest absolute Gasteiger partial charge is 0.481 e. The molecule has 0 saturated heterocycles. The second-order valence-corrected chi connectivity index (χ2v) is 5.27. The van der Waals surface area contributed by atoms with Crippen LogP contribution in [-0.4, -0.2) is 22.1 Å². The second-order valence-electron chi connectivity index (χ2n) is 5.27. The van der Waals surface area contributed by atoms with Crippen LogP contribution in [-0.2, 0) is 16.2 Å². The summed E-state index contributed by atoms with van der Waals surface area (Å²) in [7, 11) is 0. The summed E-state index contributed by atoms with van der Waals surface area (Å²) in [4.78, 5) is 22.6. The van der Waals surface area contributed by atoms with Crippen molar-refractivity contribution in [3.63, 3.8) is 0 Å². The highest BCUT2D eigenvalue weighted by Crippen LogP contribution is 2.26. The van der Waals surface area contributed by atoms with Gasteiger partial charge in [0, 0.05) is 17.7 Å². The molecule has 0 aromatic heterocycles. The molecule has 0 saturated carbocycles. The van der Waals surface area contributed by atoms with Crippen molar-refractivity contribution in [2.24, 2.45) is 5.41 Å². The maximum atomic E-state index is 11.9. The Labute approximate surface area is 112 Å². The maximum Gasteiger partial charge on any atom is 0.303 e. The van der Waals surface area contributed by atoms with Crippen LogP contribution in [0.2, 0.25) is 0 Å². The molecule has 0 atom stereocenters. The fraction of sp³-hybridized carbons (Fsp3) is 0.429. The zero-order valence-electron chi connectivity index (χ0n) is 11.1. The summed E-state index contributed by atoms with van der Waals surface area (Å²) in [5.41, 5.74) is 0.581. The van der Waals surface area contributed by atoms with E-state index in [1.807, 2.05) is 0 Å².